The van der Waals surface area contributed by atoms with Gasteiger partial charge in [-0.05, 0) is 85.7 Å². The lowest BCUT2D eigenvalue weighted by Crippen LogP contribution is -1.91. The van der Waals surface area contributed by atoms with E-state index in [1.807, 2.05) is 0 Å². The number of benzene rings is 6. The summed E-state index contributed by atoms with van der Waals surface area (Å²) in [5.74, 6) is 0. The summed E-state index contributed by atoms with van der Waals surface area (Å²) < 4.78 is 0. The van der Waals surface area contributed by atoms with Crippen molar-refractivity contribution in [1.29, 1.82) is 0 Å². The Morgan fingerprint density at radius 3 is 1.20 bits per heavy atom. The number of rotatable bonds is 7. The third kappa shape index (κ3) is 5.26. The predicted octanol–water partition coefficient (Wildman–Crippen LogP) is 11.1. The van der Waals surface area contributed by atoms with Gasteiger partial charge in [-0.1, -0.05) is 153 Å². The maximum atomic E-state index is 2.37. The first-order valence-electron chi connectivity index (χ1n) is 14.3. The van der Waals surface area contributed by atoms with E-state index in [1.54, 1.807) is 0 Å². The van der Waals surface area contributed by atoms with Gasteiger partial charge in [0, 0.05) is 0 Å². The molecule has 6 rings (SSSR count). The average Bonchev–Trinajstić information content (AvgIpc) is 3.05. The fraction of sp³-hybridized carbons (Fsp3) is 0.100. The minimum absolute atomic E-state index is 1.05. The van der Waals surface area contributed by atoms with Crippen LogP contribution in [0.3, 0.4) is 0 Å². The van der Waals surface area contributed by atoms with Crippen molar-refractivity contribution in [1.82, 2.24) is 0 Å². The molecule has 0 unspecified atom stereocenters. The Balaban J connectivity index is 1.43. The molecule has 0 N–H and O–H groups in total. The van der Waals surface area contributed by atoms with Crippen LogP contribution in [0.4, 0.5) is 0 Å². The molecule has 0 bridgehead atoms. The first-order valence-corrected chi connectivity index (χ1v) is 14.3. The zero-order valence-corrected chi connectivity index (χ0v) is 23.3. The molecule has 0 spiro atoms. The molecule has 0 aromatic heterocycles. The summed E-state index contributed by atoms with van der Waals surface area (Å²) >= 11 is 0. The fourth-order valence-corrected chi connectivity index (χ4v) is 5.60. The second kappa shape index (κ2) is 11.6. The van der Waals surface area contributed by atoms with Gasteiger partial charge < -0.3 is 0 Å². The third-order valence-corrected chi connectivity index (χ3v) is 7.83. The Hall–Kier alpha value is -4.68. The van der Waals surface area contributed by atoms with Crippen molar-refractivity contribution < 1.29 is 0 Å². The molecule has 0 saturated heterocycles. The van der Waals surface area contributed by atoms with Crippen LogP contribution < -0.4 is 0 Å². The molecular formula is C40H34. The zero-order valence-electron chi connectivity index (χ0n) is 23.3. The normalized spacial score (nSPS) is 10.9. The second-order valence-electron chi connectivity index (χ2n) is 10.4. The van der Waals surface area contributed by atoms with E-state index in [-0.39, 0.29) is 0 Å². The molecule has 6 aromatic rings. The minimum atomic E-state index is 1.05. The van der Waals surface area contributed by atoms with Crippen LogP contribution in [0.25, 0.3) is 55.6 Å². The highest BCUT2D eigenvalue weighted by atomic mass is 14.2. The lowest BCUT2D eigenvalue weighted by Gasteiger charge is -2.15. The summed E-state index contributed by atoms with van der Waals surface area (Å²) in [6.07, 6.45) is 2.09. The van der Waals surface area contributed by atoms with Crippen LogP contribution in [-0.2, 0) is 12.8 Å². The van der Waals surface area contributed by atoms with Crippen molar-refractivity contribution in [2.24, 2.45) is 0 Å². The lowest BCUT2D eigenvalue weighted by molar-refractivity contribution is 1.09. The molecule has 0 amide bonds. The zero-order chi connectivity index (χ0) is 27.3. The van der Waals surface area contributed by atoms with Gasteiger partial charge in [0.25, 0.3) is 0 Å². The Morgan fingerprint density at radius 1 is 0.300 bits per heavy atom. The highest BCUT2D eigenvalue weighted by Crippen LogP contribution is 2.38. The van der Waals surface area contributed by atoms with Crippen LogP contribution in [0.5, 0.6) is 0 Å². The van der Waals surface area contributed by atoms with Crippen molar-refractivity contribution in [2.75, 3.05) is 0 Å². The molecule has 194 valence electrons. The second-order valence-corrected chi connectivity index (χ2v) is 10.4. The van der Waals surface area contributed by atoms with Crippen molar-refractivity contribution in [3.63, 3.8) is 0 Å². The van der Waals surface area contributed by atoms with Gasteiger partial charge in [-0.2, -0.15) is 0 Å². The van der Waals surface area contributed by atoms with Gasteiger partial charge in [-0.3, -0.25) is 0 Å². The highest BCUT2D eigenvalue weighted by Gasteiger charge is 2.12. The third-order valence-electron chi connectivity index (χ3n) is 7.83. The SMILES string of the molecule is CCc1cc(CC)cc(-c2ccc(-c3ccc(-c4ccccc4-c4ccccc4)cc3)c(-c3ccccc3)c2)c1. The van der Waals surface area contributed by atoms with Gasteiger partial charge in [0.1, 0.15) is 0 Å². The molecule has 0 heteroatoms. The Labute approximate surface area is 238 Å². The summed E-state index contributed by atoms with van der Waals surface area (Å²) in [6.45, 7) is 4.47. The van der Waals surface area contributed by atoms with Crippen molar-refractivity contribution in [3.05, 3.63) is 157 Å². The van der Waals surface area contributed by atoms with E-state index < -0.39 is 0 Å². The predicted molar refractivity (Wildman–Crippen MR) is 172 cm³/mol. The van der Waals surface area contributed by atoms with E-state index in [2.05, 4.69) is 159 Å². The maximum absolute atomic E-state index is 2.37. The van der Waals surface area contributed by atoms with E-state index >= 15 is 0 Å². The van der Waals surface area contributed by atoms with Crippen LogP contribution in [0.2, 0.25) is 0 Å². The minimum Gasteiger partial charge on any atom is -0.0622 e. The van der Waals surface area contributed by atoms with Crippen molar-refractivity contribution >= 4 is 0 Å². The first-order chi connectivity index (χ1) is 19.7. The van der Waals surface area contributed by atoms with Gasteiger partial charge in [0.15, 0.2) is 0 Å². The monoisotopic (exact) mass is 514 g/mol. The quantitative estimate of drug-likeness (QED) is 0.199. The molecule has 0 heterocycles. The summed E-state index contributed by atoms with van der Waals surface area (Å²) in [4.78, 5) is 0. The first kappa shape index (κ1) is 25.6. The molecule has 0 atom stereocenters. The molecule has 0 fully saturated rings. The molecule has 6 aromatic carbocycles. The van der Waals surface area contributed by atoms with E-state index in [0.29, 0.717) is 0 Å². The van der Waals surface area contributed by atoms with E-state index in [1.165, 1.54) is 66.8 Å². The fourth-order valence-electron chi connectivity index (χ4n) is 5.60. The summed E-state index contributed by atoms with van der Waals surface area (Å²) in [5, 5.41) is 0. The Kier molecular flexibility index (Phi) is 7.42. The topological polar surface area (TPSA) is 0 Å². The van der Waals surface area contributed by atoms with Crippen molar-refractivity contribution in [3.8, 4) is 55.6 Å². The van der Waals surface area contributed by atoms with Crippen LogP contribution in [-0.4, -0.2) is 0 Å². The molecule has 0 aliphatic rings. The number of hydrogen-bond donors (Lipinski definition) is 0. The average molecular weight is 515 g/mol. The molecular weight excluding hydrogens is 480 g/mol. The van der Waals surface area contributed by atoms with E-state index in [4.69, 9.17) is 0 Å². The van der Waals surface area contributed by atoms with E-state index in [9.17, 15) is 0 Å². The van der Waals surface area contributed by atoms with Crippen LogP contribution >= 0.6 is 0 Å². The van der Waals surface area contributed by atoms with Gasteiger partial charge in [0.2, 0.25) is 0 Å². The highest BCUT2D eigenvalue weighted by molar-refractivity contribution is 5.89. The Bertz CT molecular complexity index is 1700. The Morgan fingerprint density at radius 2 is 0.700 bits per heavy atom. The largest absolute Gasteiger partial charge is 0.0622 e. The molecule has 0 nitrogen and oxygen atoms in total. The molecule has 0 aliphatic carbocycles. The van der Waals surface area contributed by atoms with Gasteiger partial charge in [-0.25, -0.2) is 0 Å². The molecule has 0 aliphatic heterocycles. The molecule has 0 radical (unpaired) electrons. The summed E-state index contributed by atoms with van der Waals surface area (Å²) in [5.41, 5.74) is 15.3. The molecule has 0 saturated carbocycles. The van der Waals surface area contributed by atoms with Crippen LogP contribution in [0.1, 0.15) is 25.0 Å². The van der Waals surface area contributed by atoms with Crippen LogP contribution in [0, 0.1) is 0 Å². The smallest absolute Gasteiger partial charge is 0.00992 e. The van der Waals surface area contributed by atoms with Gasteiger partial charge >= 0.3 is 0 Å². The number of aryl methyl sites for hydroxylation is 2. The lowest BCUT2D eigenvalue weighted by atomic mass is 9.89. The van der Waals surface area contributed by atoms with Gasteiger partial charge in [-0.15, -0.1) is 0 Å². The van der Waals surface area contributed by atoms with E-state index in [0.717, 1.165) is 12.8 Å². The maximum Gasteiger partial charge on any atom is -0.00992 e. The standard InChI is InChI=1S/C40H34/c1-3-29-25-30(4-2)27-36(26-29)35-23-24-39(40(28-35)32-15-9-6-10-16-32)34-21-19-33(20-22-34)38-18-12-11-17-37(38)31-13-7-5-8-14-31/h5-28H,3-4H2,1-2H3. The van der Waals surface area contributed by atoms with Crippen molar-refractivity contribution in [2.45, 2.75) is 26.7 Å². The molecule has 40 heavy (non-hydrogen) atoms. The summed E-state index contributed by atoms with van der Waals surface area (Å²) in [7, 11) is 0. The van der Waals surface area contributed by atoms with Gasteiger partial charge in [0.05, 0.1) is 0 Å². The number of hydrogen-bond acceptors (Lipinski definition) is 0. The van der Waals surface area contributed by atoms with Crippen LogP contribution in [0.15, 0.2) is 146 Å². The summed E-state index contributed by atoms with van der Waals surface area (Å²) in [6, 6.07) is 53.1.